The van der Waals surface area contributed by atoms with Gasteiger partial charge in [0.1, 0.15) is 0 Å². The van der Waals surface area contributed by atoms with Crippen molar-refractivity contribution in [2.24, 2.45) is 0 Å². The molecule has 2 bridgehead atoms. The van der Waals surface area contributed by atoms with Crippen LogP contribution in [0.4, 0.5) is 0 Å². The molecule has 0 spiro atoms. The molecule has 1 aliphatic carbocycles. The average Bonchev–Trinajstić information content (AvgIpc) is 2.61. The summed E-state index contributed by atoms with van der Waals surface area (Å²) >= 11 is 0. The molecule has 3 unspecified atom stereocenters. The topological polar surface area (TPSA) is 29.5 Å². The van der Waals surface area contributed by atoms with E-state index < -0.39 is 0 Å². The Morgan fingerprint density at radius 2 is 2.08 bits per heavy atom. The molecule has 2 heterocycles. The van der Waals surface area contributed by atoms with Gasteiger partial charge in [0.05, 0.1) is 18.3 Å². The van der Waals surface area contributed by atoms with Crippen LogP contribution in [0.3, 0.4) is 0 Å². The molecule has 3 rings (SSSR count). The molecular weight excluding hydrogens is 152 g/mol. The van der Waals surface area contributed by atoms with E-state index in [0.717, 1.165) is 19.3 Å². The summed E-state index contributed by atoms with van der Waals surface area (Å²) in [5.41, 5.74) is 2.77. The third-order valence-electron chi connectivity index (χ3n) is 3.45. The van der Waals surface area contributed by atoms with Crippen molar-refractivity contribution in [3.05, 3.63) is 11.1 Å². The Kier molecular flexibility index (Phi) is 1.38. The molecule has 3 atom stereocenters. The van der Waals surface area contributed by atoms with Crippen molar-refractivity contribution in [1.29, 1.82) is 0 Å². The zero-order valence-corrected chi connectivity index (χ0v) is 7.12. The van der Waals surface area contributed by atoms with E-state index in [1.807, 2.05) is 0 Å². The number of aliphatic hydroxyl groups excluding tert-OH is 1. The van der Waals surface area contributed by atoms with Crippen molar-refractivity contribution in [2.75, 3.05) is 0 Å². The largest absolute Gasteiger partial charge is 0.389 e. The van der Waals surface area contributed by atoms with Gasteiger partial charge in [-0.25, -0.2) is 0 Å². The van der Waals surface area contributed by atoms with Crippen LogP contribution < -0.4 is 0 Å². The van der Waals surface area contributed by atoms with Crippen molar-refractivity contribution in [2.45, 2.75) is 50.4 Å². The number of ether oxygens (including phenoxy) is 1. The molecule has 0 aromatic carbocycles. The maximum atomic E-state index is 9.67. The van der Waals surface area contributed by atoms with Crippen molar-refractivity contribution < 1.29 is 9.84 Å². The van der Waals surface area contributed by atoms with Gasteiger partial charge in [-0.15, -0.1) is 0 Å². The first-order valence-electron chi connectivity index (χ1n) is 4.90. The van der Waals surface area contributed by atoms with Crippen LogP contribution in [0.2, 0.25) is 0 Å². The molecule has 0 radical (unpaired) electrons. The third-order valence-corrected chi connectivity index (χ3v) is 3.45. The fourth-order valence-electron chi connectivity index (χ4n) is 2.83. The van der Waals surface area contributed by atoms with Crippen LogP contribution in [0.5, 0.6) is 0 Å². The normalized spacial score (nSPS) is 45.2. The number of hydrogen-bond donors (Lipinski definition) is 1. The molecule has 12 heavy (non-hydrogen) atoms. The molecule has 2 nitrogen and oxygen atoms in total. The van der Waals surface area contributed by atoms with Gasteiger partial charge >= 0.3 is 0 Å². The minimum Gasteiger partial charge on any atom is -0.389 e. The summed E-state index contributed by atoms with van der Waals surface area (Å²) in [6, 6.07) is 0. The summed E-state index contributed by atoms with van der Waals surface area (Å²) in [6.07, 6.45) is 6.10. The number of hydrogen-bond acceptors (Lipinski definition) is 2. The smallest absolute Gasteiger partial charge is 0.0793 e. The molecule has 66 valence electrons. The highest BCUT2D eigenvalue weighted by molar-refractivity contribution is 5.31. The summed E-state index contributed by atoms with van der Waals surface area (Å²) in [5, 5.41) is 9.67. The van der Waals surface area contributed by atoms with Crippen LogP contribution in [-0.4, -0.2) is 23.4 Å². The average molecular weight is 166 g/mol. The Hall–Kier alpha value is -0.340. The van der Waals surface area contributed by atoms with Gasteiger partial charge in [0, 0.05) is 0 Å². The van der Waals surface area contributed by atoms with Gasteiger partial charge < -0.3 is 9.84 Å². The Morgan fingerprint density at radius 1 is 1.17 bits per heavy atom. The SMILES string of the molecule is OC1CCC2=C1CC1CCC2O1. The molecule has 0 aromatic heterocycles. The highest BCUT2D eigenvalue weighted by Gasteiger charge is 2.39. The molecule has 2 heteroatoms. The zero-order valence-electron chi connectivity index (χ0n) is 7.12. The first-order chi connectivity index (χ1) is 5.84. The van der Waals surface area contributed by atoms with Gasteiger partial charge in [-0.05, 0) is 43.3 Å². The Balaban J connectivity index is 1.98. The second-order valence-corrected chi connectivity index (χ2v) is 4.13. The predicted octanol–water partition coefficient (Wildman–Crippen LogP) is 1.39. The highest BCUT2D eigenvalue weighted by Crippen LogP contribution is 2.43. The lowest BCUT2D eigenvalue weighted by molar-refractivity contribution is 0.0488. The molecule has 0 amide bonds. The standard InChI is InChI=1S/C10H14O2/c11-9-3-2-7-8(9)5-6-1-4-10(7)12-6/h6,9-11H,1-5H2. The maximum absolute atomic E-state index is 9.67. The lowest BCUT2D eigenvalue weighted by atomic mass is 10.0. The number of aliphatic hydroxyl groups is 1. The van der Waals surface area contributed by atoms with E-state index in [9.17, 15) is 5.11 Å². The molecular formula is C10H14O2. The lowest BCUT2D eigenvalue weighted by Gasteiger charge is -2.23. The van der Waals surface area contributed by atoms with Gasteiger partial charge in [0.25, 0.3) is 0 Å². The fraction of sp³-hybridized carbons (Fsp3) is 0.800. The quantitative estimate of drug-likeness (QED) is 0.551. The summed E-state index contributed by atoms with van der Waals surface area (Å²) in [7, 11) is 0. The maximum Gasteiger partial charge on any atom is 0.0793 e. The van der Waals surface area contributed by atoms with Gasteiger partial charge in [-0.3, -0.25) is 0 Å². The molecule has 2 aliphatic heterocycles. The van der Waals surface area contributed by atoms with Crippen LogP contribution in [0.25, 0.3) is 0 Å². The first-order valence-corrected chi connectivity index (χ1v) is 4.90. The summed E-state index contributed by atoms with van der Waals surface area (Å²) < 4.78 is 5.79. The Labute approximate surface area is 72.2 Å². The molecule has 3 aliphatic rings. The van der Waals surface area contributed by atoms with Gasteiger partial charge in [0.15, 0.2) is 0 Å². The van der Waals surface area contributed by atoms with E-state index in [1.165, 1.54) is 24.0 Å². The van der Waals surface area contributed by atoms with Crippen LogP contribution in [0.1, 0.15) is 32.1 Å². The molecule has 0 saturated carbocycles. The monoisotopic (exact) mass is 166 g/mol. The molecule has 0 aromatic rings. The van der Waals surface area contributed by atoms with E-state index in [0.29, 0.717) is 12.2 Å². The second kappa shape index (κ2) is 2.33. The fourth-order valence-corrected chi connectivity index (χ4v) is 2.83. The molecule has 1 fully saturated rings. The van der Waals surface area contributed by atoms with E-state index in [1.54, 1.807) is 0 Å². The van der Waals surface area contributed by atoms with Gasteiger partial charge in [0.2, 0.25) is 0 Å². The van der Waals surface area contributed by atoms with Crippen LogP contribution in [0.15, 0.2) is 11.1 Å². The minimum absolute atomic E-state index is 0.132. The zero-order chi connectivity index (χ0) is 8.13. The minimum atomic E-state index is -0.132. The third kappa shape index (κ3) is 0.824. The Bertz CT molecular complexity index is 244. The Morgan fingerprint density at radius 3 is 3.00 bits per heavy atom. The van der Waals surface area contributed by atoms with Gasteiger partial charge in [-0.2, -0.15) is 0 Å². The predicted molar refractivity (Wildman–Crippen MR) is 44.8 cm³/mol. The summed E-state index contributed by atoms with van der Waals surface area (Å²) in [4.78, 5) is 0. The van der Waals surface area contributed by atoms with Crippen LogP contribution in [0, 0.1) is 0 Å². The van der Waals surface area contributed by atoms with E-state index in [4.69, 9.17) is 4.74 Å². The first kappa shape index (κ1) is 7.10. The highest BCUT2D eigenvalue weighted by atomic mass is 16.5. The van der Waals surface area contributed by atoms with E-state index >= 15 is 0 Å². The number of rotatable bonds is 0. The number of fused-ring (bicyclic) bond motifs is 3. The van der Waals surface area contributed by atoms with Crippen molar-refractivity contribution in [3.8, 4) is 0 Å². The van der Waals surface area contributed by atoms with E-state index in [2.05, 4.69) is 0 Å². The van der Waals surface area contributed by atoms with Crippen molar-refractivity contribution in [1.82, 2.24) is 0 Å². The van der Waals surface area contributed by atoms with Crippen molar-refractivity contribution >= 4 is 0 Å². The van der Waals surface area contributed by atoms with Crippen LogP contribution >= 0.6 is 0 Å². The van der Waals surface area contributed by atoms with Crippen molar-refractivity contribution in [3.63, 3.8) is 0 Å². The lowest BCUT2D eigenvalue weighted by Crippen LogP contribution is -2.22. The van der Waals surface area contributed by atoms with Crippen LogP contribution in [-0.2, 0) is 4.74 Å². The molecule has 1 N–H and O–H groups in total. The molecule has 1 saturated heterocycles. The summed E-state index contributed by atoms with van der Waals surface area (Å²) in [6.45, 7) is 0. The summed E-state index contributed by atoms with van der Waals surface area (Å²) in [5.74, 6) is 0. The van der Waals surface area contributed by atoms with Gasteiger partial charge in [-0.1, -0.05) is 0 Å². The second-order valence-electron chi connectivity index (χ2n) is 4.13. The van der Waals surface area contributed by atoms with E-state index in [-0.39, 0.29) is 6.10 Å².